The second-order valence-electron chi connectivity index (χ2n) is 6.38. The fourth-order valence-electron chi connectivity index (χ4n) is 2.76. The largest absolute Gasteiger partial charge is 0.494 e. The quantitative estimate of drug-likeness (QED) is 0.429. The molecule has 0 spiro atoms. The van der Waals surface area contributed by atoms with Crippen LogP contribution >= 0.6 is 11.8 Å². The van der Waals surface area contributed by atoms with Gasteiger partial charge in [0.15, 0.2) is 11.0 Å². The van der Waals surface area contributed by atoms with Gasteiger partial charge in [0.1, 0.15) is 5.75 Å². The molecular weight excluding hydrogens is 386 g/mol. The number of ether oxygens (including phenoxy) is 1. The molecule has 152 valence electrons. The SMILES string of the molecule is CCOc1ccc(NC(=O)[C@H](C)Sc2nnc(-c3ccc(N)cc3)n2CC)cc1. The number of aromatic nitrogens is 3. The molecule has 29 heavy (non-hydrogen) atoms. The van der Waals surface area contributed by atoms with E-state index < -0.39 is 0 Å². The fraction of sp³-hybridized carbons (Fsp3) is 0.286. The van der Waals surface area contributed by atoms with Crippen LogP contribution in [0.4, 0.5) is 11.4 Å². The number of nitrogens with one attached hydrogen (secondary N) is 1. The van der Waals surface area contributed by atoms with E-state index in [4.69, 9.17) is 10.5 Å². The Labute approximate surface area is 174 Å². The van der Waals surface area contributed by atoms with Crippen LogP contribution in [0, 0.1) is 0 Å². The molecule has 1 heterocycles. The lowest BCUT2D eigenvalue weighted by atomic mass is 10.2. The van der Waals surface area contributed by atoms with Gasteiger partial charge in [-0.2, -0.15) is 0 Å². The van der Waals surface area contributed by atoms with Crippen LogP contribution in [-0.2, 0) is 11.3 Å². The van der Waals surface area contributed by atoms with Gasteiger partial charge >= 0.3 is 0 Å². The van der Waals surface area contributed by atoms with E-state index in [-0.39, 0.29) is 11.2 Å². The molecule has 0 saturated heterocycles. The van der Waals surface area contributed by atoms with Gasteiger partial charge in [-0.15, -0.1) is 10.2 Å². The summed E-state index contributed by atoms with van der Waals surface area (Å²) in [5.41, 5.74) is 8.13. The maximum atomic E-state index is 12.6. The standard InChI is InChI=1S/C21H25N5O2S/c1-4-26-19(15-6-8-16(22)9-7-15)24-25-21(26)29-14(3)20(27)23-17-10-12-18(13-11-17)28-5-2/h6-14H,4-5,22H2,1-3H3,(H,23,27)/t14-/m0/s1. The van der Waals surface area contributed by atoms with Crippen LogP contribution in [0.15, 0.2) is 53.7 Å². The summed E-state index contributed by atoms with van der Waals surface area (Å²) < 4.78 is 7.42. The van der Waals surface area contributed by atoms with Crippen molar-refractivity contribution in [3.05, 3.63) is 48.5 Å². The number of hydrogen-bond acceptors (Lipinski definition) is 6. The third kappa shape index (κ3) is 5.08. The highest BCUT2D eigenvalue weighted by molar-refractivity contribution is 8.00. The lowest BCUT2D eigenvalue weighted by Crippen LogP contribution is -2.22. The van der Waals surface area contributed by atoms with E-state index >= 15 is 0 Å². The van der Waals surface area contributed by atoms with Crippen molar-refractivity contribution in [1.29, 1.82) is 0 Å². The smallest absolute Gasteiger partial charge is 0.237 e. The van der Waals surface area contributed by atoms with Crippen LogP contribution in [0.5, 0.6) is 5.75 Å². The number of carbonyl (C=O) groups excluding carboxylic acids is 1. The Balaban J connectivity index is 1.68. The molecule has 0 unspecified atom stereocenters. The van der Waals surface area contributed by atoms with Gasteiger partial charge in [-0.05, 0) is 69.3 Å². The zero-order valence-electron chi connectivity index (χ0n) is 16.8. The number of amides is 1. The van der Waals surface area contributed by atoms with Crippen LogP contribution in [0.3, 0.4) is 0 Å². The normalized spacial score (nSPS) is 11.8. The second kappa shape index (κ2) is 9.47. The van der Waals surface area contributed by atoms with Crippen molar-refractivity contribution in [2.75, 3.05) is 17.7 Å². The van der Waals surface area contributed by atoms with Gasteiger partial charge in [0.2, 0.25) is 5.91 Å². The van der Waals surface area contributed by atoms with E-state index in [1.807, 2.05) is 73.9 Å². The van der Waals surface area contributed by atoms with Gasteiger partial charge < -0.3 is 20.4 Å². The molecule has 1 aromatic heterocycles. The highest BCUT2D eigenvalue weighted by Crippen LogP contribution is 2.28. The highest BCUT2D eigenvalue weighted by atomic mass is 32.2. The molecule has 7 nitrogen and oxygen atoms in total. The van der Waals surface area contributed by atoms with Crippen molar-refractivity contribution in [1.82, 2.24) is 14.8 Å². The third-order valence-electron chi connectivity index (χ3n) is 4.29. The van der Waals surface area contributed by atoms with Gasteiger partial charge in [-0.25, -0.2) is 0 Å². The van der Waals surface area contributed by atoms with Crippen molar-refractivity contribution < 1.29 is 9.53 Å². The minimum absolute atomic E-state index is 0.0983. The van der Waals surface area contributed by atoms with E-state index in [2.05, 4.69) is 15.5 Å². The van der Waals surface area contributed by atoms with Gasteiger partial charge in [-0.3, -0.25) is 4.79 Å². The first-order valence-electron chi connectivity index (χ1n) is 9.51. The van der Waals surface area contributed by atoms with Crippen LogP contribution < -0.4 is 15.8 Å². The summed E-state index contributed by atoms with van der Waals surface area (Å²) in [6, 6.07) is 14.8. The molecule has 8 heteroatoms. The maximum Gasteiger partial charge on any atom is 0.237 e. The molecule has 0 aliphatic carbocycles. The van der Waals surface area contributed by atoms with E-state index in [1.54, 1.807) is 0 Å². The van der Waals surface area contributed by atoms with Crippen LogP contribution in [0.1, 0.15) is 20.8 Å². The molecular formula is C21H25N5O2S. The monoisotopic (exact) mass is 411 g/mol. The van der Waals surface area contributed by atoms with Gasteiger partial charge in [0.05, 0.1) is 11.9 Å². The van der Waals surface area contributed by atoms with Crippen LogP contribution in [0.2, 0.25) is 0 Å². The predicted octanol–water partition coefficient (Wildman–Crippen LogP) is 4.07. The summed E-state index contributed by atoms with van der Waals surface area (Å²) >= 11 is 1.38. The van der Waals surface area contributed by atoms with Gasteiger partial charge in [0, 0.05) is 23.5 Å². The molecule has 0 fully saturated rings. The fourth-order valence-corrected chi connectivity index (χ4v) is 3.68. The van der Waals surface area contributed by atoms with Crippen LogP contribution in [0.25, 0.3) is 11.4 Å². The Kier molecular flexibility index (Phi) is 6.77. The minimum Gasteiger partial charge on any atom is -0.494 e. The van der Waals surface area contributed by atoms with Gasteiger partial charge in [-0.1, -0.05) is 11.8 Å². The lowest BCUT2D eigenvalue weighted by molar-refractivity contribution is -0.115. The summed E-state index contributed by atoms with van der Waals surface area (Å²) in [7, 11) is 0. The lowest BCUT2D eigenvalue weighted by Gasteiger charge is -2.13. The number of anilines is 2. The minimum atomic E-state index is -0.338. The third-order valence-corrected chi connectivity index (χ3v) is 5.37. The second-order valence-corrected chi connectivity index (χ2v) is 7.69. The first-order chi connectivity index (χ1) is 14.0. The molecule has 1 amide bonds. The topological polar surface area (TPSA) is 95.1 Å². The number of hydrogen-bond donors (Lipinski definition) is 2. The molecule has 0 aliphatic rings. The van der Waals surface area contributed by atoms with E-state index in [9.17, 15) is 4.79 Å². The zero-order valence-corrected chi connectivity index (χ0v) is 17.6. The Bertz CT molecular complexity index is 954. The molecule has 3 rings (SSSR count). The van der Waals surface area contributed by atoms with Crippen molar-refractivity contribution in [3.8, 4) is 17.1 Å². The van der Waals surface area contributed by atoms with E-state index in [1.165, 1.54) is 11.8 Å². The molecule has 3 N–H and O–H groups in total. The maximum absolute atomic E-state index is 12.6. The Morgan fingerprint density at radius 2 is 1.83 bits per heavy atom. The predicted molar refractivity (Wildman–Crippen MR) is 117 cm³/mol. The van der Waals surface area contributed by atoms with Crippen molar-refractivity contribution >= 4 is 29.0 Å². The number of benzene rings is 2. The van der Waals surface area contributed by atoms with Crippen molar-refractivity contribution in [3.63, 3.8) is 0 Å². The number of rotatable bonds is 8. The Hall–Kier alpha value is -3.00. The molecule has 0 aliphatic heterocycles. The molecule has 3 aromatic rings. The van der Waals surface area contributed by atoms with Crippen molar-refractivity contribution in [2.24, 2.45) is 0 Å². The molecule has 2 aromatic carbocycles. The number of carbonyl (C=O) groups is 1. The van der Waals surface area contributed by atoms with Crippen molar-refractivity contribution in [2.45, 2.75) is 37.7 Å². The van der Waals surface area contributed by atoms with E-state index in [0.717, 1.165) is 22.8 Å². The number of nitrogens with zero attached hydrogens (tertiary/aromatic N) is 3. The summed E-state index contributed by atoms with van der Waals surface area (Å²) in [4.78, 5) is 12.6. The van der Waals surface area contributed by atoms with Gasteiger partial charge in [0.25, 0.3) is 0 Å². The average molecular weight is 412 g/mol. The highest BCUT2D eigenvalue weighted by Gasteiger charge is 2.20. The first-order valence-corrected chi connectivity index (χ1v) is 10.4. The Morgan fingerprint density at radius 1 is 1.14 bits per heavy atom. The first kappa shape index (κ1) is 20.7. The van der Waals surface area contributed by atoms with Crippen LogP contribution in [-0.4, -0.2) is 32.5 Å². The number of nitrogen functional groups attached to an aromatic ring is 1. The summed E-state index contributed by atoms with van der Waals surface area (Å²) in [6.45, 7) is 7.12. The Morgan fingerprint density at radius 3 is 2.45 bits per heavy atom. The average Bonchev–Trinajstić information content (AvgIpc) is 3.12. The molecule has 1 atom stereocenters. The molecule has 0 radical (unpaired) electrons. The number of nitrogens with two attached hydrogens (primary N) is 1. The van der Waals surface area contributed by atoms with E-state index in [0.29, 0.717) is 24.0 Å². The molecule has 0 saturated carbocycles. The zero-order chi connectivity index (χ0) is 20.8. The summed E-state index contributed by atoms with van der Waals surface area (Å²) in [5, 5.41) is 11.9. The number of thioether (sulfide) groups is 1. The summed E-state index contributed by atoms with van der Waals surface area (Å²) in [6.07, 6.45) is 0. The summed E-state index contributed by atoms with van der Waals surface area (Å²) in [5.74, 6) is 1.44. The molecule has 0 bridgehead atoms.